The molecular formula is C17H22FN3O2. The van der Waals surface area contributed by atoms with Gasteiger partial charge in [-0.25, -0.2) is 4.39 Å². The van der Waals surface area contributed by atoms with Crippen molar-refractivity contribution in [2.45, 2.75) is 26.2 Å². The van der Waals surface area contributed by atoms with Gasteiger partial charge in [0.25, 0.3) is 5.91 Å². The van der Waals surface area contributed by atoms with Gasteiger partial charge in [-0.05, 0) is 31.0 Å². The smallest absolute Gasteiger partial charge is 0.263 e. The Kier molecular flexibility index (Phi) is 9.10. The maximum Gasteiger partial charge on any atom is 0.263 e. The van der Waals surface area contributed by atoms with Crippen molar-refractivity contribution in [3.8, 4) is 6.07 Å². The molecule has 0 saturated heterocycles. The Morgan fingerprint density at radius 1 is 1.39 bits per heavy atom. The van der Waals surface area contributed by atoms with Gasteiger partial charge in [0.2, 0.25) is 0 Å². The highest BCUT2D eigenvalue weighted by Crippen LogP contribution is 2.09. The summed E-state index contributed by atoms with van der Waals surface area (Å²) in [5.74, 6) is -0.862. The minimum Gasteiger partial charge on any atom is -0.381 e. The number of halogens is 1. The SMILES string of the molecule is CCCCOCCCNC(=O)/C(C#N)=C\Nc1cccc(F)c1. The topological polar surface area (TPSA) is 74.1 Å². The number of nitriles is 1. The quantitative estimate of drug-likeness (QED) is 0.395. The van der Waals surface area contributed by atoms with E-state index < -0.39 is 11.7 Å². The molecule has 1 rings (SSSR count). The molecule has 1 aromatic carbocycles. The molecule has 0 spiro atoms. The summed E-state index contributed by atoms with van der Waals surface area (Å²) >= 11 is 0. The van der Waals surface area contributed by atoms with Crippen LogP contribution in [0.4, 0.5) is 10.1 Å². The largest absolute Gasteiger partial charge is 0.381 e. The van der Waals surface area contributed by atoms with Crippen molar-refractivity contribution in [1.29, 1.82) is 5.26 Å². The monoisotopic (exact) mass is 319 g/mol. The maximum absolute atomic E-state index is 13.0. The molecule has 0 bridgehead atoms. The fraction of sp³-hybridized carbons (Fsp3) is 0.412. The molecular weight excluding hydrogens is 297 g/mol. The van der Waals surface area contributed by atoms with Crippen molar-refractivity contribution in [1.82, 2.24) is 5.32 Å². The molecule has 0 atom stereocenters. The van der Waals surface area contributed by atoms with E-state index in [9.17, 15) is 9.18 Å². The fourth-order valence-corrected chi connectivity index (χ4v) is 1.70. The standard InChI is InChI=1S/C17H22FN3O2/c1-2-3-9-23-10-5-8-20-17(22)14(12-19)13-21-16-7-4-6-15(18)11-16/h4,6-7,11,13,21H,2-3,5,8-10H2,1H3,(H,20,22)/b14-13-. The number of carbonyl (C=O) groups excluding carboxylic acids is 1. The summed E-state index contributed by atoms with van der Waals surface area (Å²) in [6.45, 7) is 3.83. The second kappa shape index (κ2) is 11.2. The molecule has 6 heteroatoms. The molecule has 124 valence electrons. The summed E-state index contributed by atoms with van der Waals surface area (Å²) in [5.41, 5.74) is 0.399. The highest BCUT2D eigenvalue weighted by atomic mass is 19.1. The predicted molar refractivity (Wildman–Crippen MR) is 87.1 cm³/mol. The minimum atomic E-state index is -0.468. The Labute approximate surface area is 136 Å². The van der Waals surface area contributed by atoms with Crippen LogP contribution in [0.5, 0.6) is 0 Å². The number of unbranched alkanes of at least 4 members (excludes halogenated alkanes) is 1. The summed E-state index contributed by atoms with van der Waals surface area (Å²) in [7, 11) is 0. The predicted octanol–water partition coefficient (Wildman–Crippen LogP) is 2.97. The van der Waals surface area contributed by atoms with Crippen LogP contribution in [-0.2, 0) is 9.53 Å². The first kappa shape index (κ1) is 18.7. The maximum atomic E-state index is 13.0. The van der Waals surface area contributed by atoms with Gasteiger partial charge in [-0.1, -0.05) is 19.4 Å². The first-order chi connectivity index (χ1) is 11.2. The molecule has 0 radical (unpaired) electrons. The van der Waals surface area contributed by atoms with Gasteiger partial charge in [0, 0.05) is 31.6 Å². The van der Waals surface area contributed by atoms with Gasteiger partial charge in [-0.3, -0.25) is 4.79 Å². The molecule has 0 fully saturated rings. The Bertz CT molecular complexity index is 567. The third-order valence-electron chi connectivity index (χ3n) is 2.97. The number of rotatable bonds is 10. The second-order valence-corrected chi connectivity index (χ2v) is 4.90. The normalized spacial score (nSPS) is 10.9. The Morgan fingerprint density at radius 3 is 2.87 bits per heavy atom. The number of hydrogen-bond acceptors (Lipinski definition) is 4. The summed E-state index contributed by atoms with van der Waals surface area (Å²) in [4.78, 5) is 11.8. The number of amides is 1. The lowest BCUT2D eigenvalue weighted by Gasteiger charge is -2.06. The molecule has 0 aromatic heterocycles. The van der Waals surface area contributed by atoms with E-state index in [0.29, 0.717) is 25.3 Å². The van der Waals surface area contributed by atoms with Crippen LogP contribution in [-0.4, -0.2) is 25.7 Å². The Hall–Kier alpha value is -2.39. The molecule has 0 heterocycles. The van der Waals surface area contributed by atoms with Crippen LogP contribution >= 0.6 is 0 Å². The zero-order chi connectivity index (χ0) is 16.9. The van der Waals surface area contributed by atoms with Crippen LogP contribution < -0.4 is 10.6 Å². The number of anilines is 1. The minimum absolute atomic E-state index is 0.0684. The molecule has 0 aliphatic heterocycles. The Balaban J connectivity index is 2.34. The van der Waals surface area contributed by atoms with Crippen LogP contribution in [0.2, 0.25) is 0 Å². The lowest BCUT2D eigenvalue weighted by molar-refractivity contribution is -0.117. The van der Waals surface area contributed by atoms with E-state index in [1.165, 1.54) is 24.4 Å². The zero-order valence-electron chi connectivity index (χ0n) is 13.3. The number of ether oxygens (including phenoxy) is 1. The van der Waals surface area contributed by atoms with E-state index in [-0.39, 0.29) is 5.57 Å². The van der Waals surface area contributed by atoms with Crippen LogP contribution in [0.1, 0.15) is 26.2 Å². The number of nitrogens with zero attached hydrogens (tertiary/aromatic N) is 1. The van der Waals surface area contributed by atoms with Crippen molar-refractivity contribution >= 4 is 11.6 Å². The average Bonchev–Trinajstić information content (AvgIpc) is 2.54. The molecule has 0 aliphatic carbocycles. The number of hydrogen-bond donors (Lipinski definition) is 2. The molecule has 1 aromatic rings. The summed E-state index contributed by atoms with van der Waals surface area (Å²) in [6.07, 6.45) is 4.07. The van der Waals surface area contributed by atoms with Gasteiger partial charge in [-0.2, -0.15) is 5.26 Å². The van der Waals surface area contributed by atoms with Gasteiger partial charge in [-0.15, -0.1) is 0 Å². The molecule has 0 saturated carbocycles. The zero-order valence-corrected chi connectivity index (χ0v) is 13.3. The van der Waals surface area contributed by atoms with Crippen LogP contribution in [0.25, 0.3) is 0 Å². The summed E-state index contributed by atoms with van der Waals surface area (Å²) in [6, 6.07) is 7.58. The van der Waals surface area contributed by atoms with Crippen molar-refractivity contribution in [3.63, 3.8) is 0 Å². The molecule has 2 N–H and O–H groups in total. The van der Waals surface area contributed by atoms with E-state index in [0.717, 1.165) is 19.4 Å². The lowest BCUT2D eigenvalue weighted by Crippen LogP contribution is -2.26. The van der Waals surface area contributed by atoms with Crippen LogP contribution in [0, 0.1) is 17.1 Å². The number of nitrogens with one attached hydrogen (secondary N) is 2. The first-order valence-electron chi connectivity index (χ1n) is 7.65. The second-order valence-electron chi connectivity index (χ2n) is 4.90. The van der Waals surface area contributed by atoms with Crippen LogP contribution in [0.3, 0.4) is 0 Å². The molecule has 23 heavy (non-hydrogen) atoms. The average molecular weight is 319 g/mol. The third kappa shape index (κ3) is 7.98. The van der Waals surface area contributed by atoms with Crippen LogP contribution in [0.15, 0.2) is 36.0 Å². The van der Waals surface area contributed by atoms with E-state index >= 15 is 0 Å². The van der Waals surface area contributed by atoms with Crippen molar-refractivity contribution in [2.24, 2.45) is 0 Å². The highest BCUT2D eigenvalue weighted by Gasteiger charge is 2.07. The van der Waals surface area contributed by atoms with E-state index in [1.807, 2.05) is 6.07 Å². The molecule has 5 nitrogen and oxygen atoms in total. The van der Waals surface area contributed by atoms with Gasteiger partial charge >= 0.3 is 0 Å². The molecule has 0 aliphatic rings. The van der Waals surface area contributed by atoms with Crippen molar-refractivity contribution < 1.29 is 13.9 Å². The fourth-order valence-electron chi connectivity index (χ4n) is 1.70. The van der Waals surface area contributed by atoms with Gasteiger partial charge in [0.05, 0.1) is 0 Å². The van der Waals surface area contributed by atoms with E-state index in [2.05, 4.69) is 17.6 Å². The van der Waals surface area contributed by atoms with Gasteiger partial charge in [0.15, 0.2) is 0 Å². The highest BCUT2D eigenvalue weighted by molar-refractivity contribution is 5.97. The molecule has 1 amide bonds. The lowest BCUT2D eigenvalue weighted by atomic mass is 10.2. The summed E-state index contributed by atoms with van der Waals surface area (Å²) < 4.78 is 18.4. The van der Waals surface area contributed by atoms with E-state index in [4.69, 9.17) is 10.00 Å². The number of carbonyl (C=O) groups is 1. The van der Waals surface area contributed by atoms with E-state index in [1.54, 1.807) is 6.07 Å². The van der Waals surface area contributed by atoms with Gasteiger partial charge in [0.1, 0.15) is 17.5 Å². The molecule has 0 unspecified atom stereocenters. The number of benzene rings is 1. The third-order valence-corrected chi connectivity index (χ3v) is 2.97. The Morgan fingerprint density at radius 2 is 2.17 bits per heavy atom. The first-order valence-corrected chi connectivity index (χ1v) is 7.65. The van der Waals surface area contributed by atoms with Crippen molar-refractivity contribution in [3.05, 3.63) is 41.9 Å². The van der Waals surface area contributed by atoms with Crippen molar-refractivity contribution in [2.75, 3.05) is 25.1 Å². The van der Waals surface area contributed by atoms with Gasteiger partial charge < -0.3 is 15.4 Å². The summed E-state index contributed by atoms with van der Waals surface area (Å²) in [5, 5.41) is 14.4.